The Labute approximate surface area is 337 Å². The Morgan fingerprint density at radius 3 is 1.71 bits per heavy atom. The molecule has 8 aromatic carbocycles. The molecule has 0 bridgehead atoms. The molecule has 0 saturated heterocycles. The van der Waals surface area contributed by atoms with Crippen LogP contribution in [-0.4, -0.2) is 24.5 Å². The van der Waals surface area contributed by atoms with Crippen molar-refractivity contribution in [3.05, 3.63) is 188 Å². The molecule has 4 heterocycles. The summed E-state index contributed by atoms with van der Waals surface area (Å²) in [5.41, 5.74) is 9.05. The standard InChI is InChI=1S/C52H31N5S/c1-2-15-33(16-3-1)50-54-51(56-52(55-50)36-19-13-20-37(31-36)57-43-25-9-6-22-39(43)40-23-7-10-26-44(40)57)35-18-12-17-34(30-35)47-46-41-24-8-11-27-45(41)58-49(46)42-29-28-32-14-4-5-21-38(32)48(42)53-47/h1-31H. The summed E-state index contributed by atoms with van der Waals surface area (Å²) in [4.78, 5) is 21.0. The number of hydrogen-bond acceptors (Lipinski definition) is 5. The summed E-state index contributed by atoms with van der Waals surface area (Å²) in [7, 11) is 0. The molecule has 0 N–H and O–H groups in total. The van der Waals surface area contributed by atoms with Crippen molar-refractivity contribution in [1.29, 1.82) is 0 Å². The maximum atomic E-state index is 5.52. The number of para-hydroxylation sites is 2. The summed E-state index contributed by atoms with van der Waals surface area (Å²) in [5.74, 6) is 1.83. The van der Waals surface area contributed by atoms with Crippen LogP contribution in [0.3, 0.4) is 0 Å². The van der Waals surface area contributed by atoms with E-state index in [9.17, 15) is 0 Å². The molecule has 0 unspecified atom stereocenters. The van der Waals surface area contributed by atoms with Gasteiger partial charge in [0.15, 0.2) is 17.5 Å². The highest BCUT2D eigenvalue weighted by atomic mass is 32.1. The van der Waals surface area contributed by atoms with Crippen LogP contribution in [0.4, 0.5) is 0 Å². The summed E-state index contributed by atoms with van der Waals surface area (Å²) >= 11 is 1.83. The summed E-state index contributed by atoms with van der Waals surface area (Å²) in [6, 6.07) is 66.0. The number of fused-ring (bicyclic) bond motifs is 10. The van der Waals surface area contributed by atoms with Crippen LogP contribution in [-0.2, 0) is 0 Å². The summed E-state index contributed by atoms with van der Waals surface area (Å²) < 4.78 is 4.82. The van der Waals surface area contributed by atoms with Gasteiger partial charge in [0.1, 0.15) is 0 Å². The van der Waals surface area contributed by atoms with Crippen LogP contribution in [0.1, 0.15) is 0 Å². The zero-order valence-electron chi connectivity index (χ0n) is 31.0. The maximum absolute atomic E-state index is 5.52. The van der Waals surface area contributed by atoms with E-state index in [1.165, 1.54) is 41.7 Å². The molecule has 4 aromatic heterocycles. The maximum Gasteiger partial charge on any atom is 0.164 e. The Morgan fingerprint density at radius 1 is 0.379 bits per heavy atom. The molecule has 0 amide bonds. The van der Waals surface area contributed by atoms with Crippen LogP contribution in [0.15, 0.2) is 188 Å². The second-order valence-electron chi connectivity index (χ2n) is 14.6. The van der Waals surface area contributed by atoms with Gasteiger partial charge in [-0.05, 0) is 41.8 Å². The second-order valence-corrected chi connectivity index (χ2v) is 15.7. The molecular weight excluding hydrogens is 727 g/mol. The third-order valence-electron chi connectivity index (χ3n) is 11.2. The molecule has 6 heteroatoms. The molecule has 0 saturated carbocycles. The quantitative estimate of drug-likeness (QED) is 0.164. The first-order valence-electron chi connectivity index (χ1n) is 19.4. The van der Waals surface area contributed by atoms with E-state index in [4.69, 9.17) is 19.9 Å². The molecule has 58 heavy (non-hydrogen) atoms. The van der Waals surface area contributed by atoms with Crippen molar-refractivity contribution in [1.82, 2.24) is 24.5 Å². The van der Waals surface area contributed by atoms with Crippen LogP contribution >= 0.6 is 11.3 Å². The predicted octanol–water partition coefficient (Wildman–Crippen LogP) is 13.7. The van der Waals surface area contributed by atoms with E-state index in [0.29, 0.717) is 17.5 Å². The lowest BCUT2D eigenvalue weighted by atomic mass is 9.99. The van der Waals surface area contributed by atoms with Gasteiger partial charge in [-0.25, -0.2) is 19.9 Å². The van der Waals surface area contributed by atoms with E-state index in [1.807, 2.05) is 29.5 Å². The third-order valence-corrected chi connectivity index (χ3v) is 12.4. The van der Waals surface area contributed by atoms with Crippen molar-refractivity contribution in [2.45, 2.75) is 0 Å². The van der Waals surface area contributed by atoms with Gasteiger partial charge in [-0.1, -0.05) is 152 Å². The molecule has 12 aromatic rings. The highest BCUT2D eigenvalue weighted by molar-refractivity contribution is 7.26. The number of rotatable bonds is 5. The minimum Gasteiger partial charge on any atom is -0.309 e. The minimum atomic E-state index is 0.602. The first-order valence-corrected chi connectivity index (χ1v) is 20.2. The SMILES string of the molecule is c1ccc(-c2nc(-c3cccc(-c4nc5c6ccccc6ccc5c5sc6ccccc6c45)c3)nc(-c3cccc(-n4c5ccccc5c5ccccc54)c3)n2)cc1. The van der Waals surface area contributed by atoms with Gasteiger partial charge in [0, 0.05) is 69.7 Å². The largest absolute Gasteiger partial charge is 0.309 e. The minimum absolute atomic E-state index is 0.602. The van der Waals surface area contributed by atoms with Gasteiger partial charge in [0.25, 0.3) is 0 Å². The Bertz CT molecular complexity index is 3530. The first kappa shape index (κ1) is 32.7. The van der Waals surface area contributed by atoms with Crippen LogP contribution in [0.2, 0.25) is 0 Å². The molecule has 12 rings (SSSR count). The molecule has 0 fully saturated rings. The van der Waals surface area contributed by atoms with Crippen molar-refractivity contribution in [3.63, 3.8) is 0 Å². The Hall–Kier alpha value is -7.54. The number of hydrogen-bond donors (Lipinski definition) is 0. The molecule has 0 radical (unpaired) electrons. The van der Waals surface area contributed by atoms with Gasteiger partial charge in [0.05, 0.1) is 22.2 Å². The van der Waals surface area contributed by atoms with Crippen molar-refractivity contribution in [2.24, 2.45) is 0 Å². The summed E-state index contributed by atoms with van der Waals surface area (Å²) in [5, 5.41) is 8.32. The monoisotopic (exact) mass is 757 g/mol. The fourth-order valence-corrected chi connectivity index (χ4v) is 9.78. The van der Waals surface area contributed by atoms with Crippen LogP contribution < -0.4 is 0 Å². The third kappa shape index (κ3) is 5.16. The molecule has 0 spiro atoms. The highest BCUT2D eigenvalue weighted by Gasteiger charge is 2.20. The van der Waals surface area contributed by atoms with E-state index in [0.717, 1.165) is 55.6 Å². The van der Waals surface area contributed by atoms with Gasteiger partial charge in [-0.15, -0.1) is 11.3 Å². The number of benzene rings is 8. The zero-order valence-corrected chi connectivity index (χ0v) is 31.9. The smallest absolute Gasteiger partial charge is 0.164 e. The second kappa shape index (κ2) is 13.0. The lowest BCUT2D eigenvalue weighted by Gasteiger charge is -2.13. The van der Waals surface area contributed by atoms with E-state index in [-0.39, 0.29) is 0 Å². The number of thiophene rings is 1. The van der Waals surface area contributed by atoms with Crippen molar-refractivity contribution < 1.29 is 0 Å². The van der Waals surface area contributed by atoms with Crippen LogP contribution in [0, 0.1) is 0 Å². The molecule has 0 aliphatic heterocycles. The van der Waals surface area contributed by atoms with Crippen molar-refractivity contribution in [3.8, 4) is 51.1 Å². The van der Waals surface area contributed by atoms with Crippen molar-refractivity contribution >= 4 is 75.0 Å². The van der Waals surface area contributed by atoms with E-state index < -0.39 is 0 Å². The fourth-order valence-electron chi connectivity index (χ4n) is 8.55. The number of nitrogens with zero attached hydrogens (tertiary/aromatic N) is 5. The normalized spacial score (nSPS) is 11.8. The van der Waals surface area contributed by atoms with Gasteiger partial charge in [-0.2, -0.15) is 0 Å². The molecule has 0 aliphatic carbocycles. The van der Waals surface area contributed by atoms with Gasteiger partial charge >= 0.3 is 0 Å². The van der Waals surface area contributed by atoms with E-state index in [2.05, 4.69) is 174 Å². The fraction of sp³-hybridized carbons (Fsp3) is 0. The zero-order chi connectivity index (χ0) is 38.2. The first-order chi connectivity index (χ1) is 28.7. The average Bonchev–Trinajstić information content (AvgIpc) is 3.86. The molecular formula is C52H31N5S. The van der Waals surface area contributed by atoms with Gasteiger partial charge in [-0.3, -0.25) is 0 Å². The molecule has 0 aliphatic rings. The predicted molar refractivity (Wildman–Crippen MR) is 242 cm³/mol. The molecule has 0 atom stereocenters. The van der Waals surface area contributed by atoms with Crippen LogP contribution in [0.5, 0.6) is 0 Å². The van der Waals surface area contributed by atoms with Crippen molar-refractivity contribution in [2.75, 3.05) is 0 Å². The Kier molecular flexibility index (Phi) is 7.33. The van der Waals surface area contributed by atoms with E-state index >= 15 is 0 Å². The number of aromatic nitrogens is 5. The average molecular weight is 758 g/mol. The summed E-state index contributed by atoms with van der Waals surface area (Å²) in [6.07, 6.45) is 0. The molecule has 270 valence electrons. The Morgan fingerprint density at radius 2 is 0.948 bits per heavy atom. The molecule has 5 nitrogen and oxygen atoms in total. The lowest BCUT2D eigenvalue weighted by Crippen LogP contribution is -2.01. The lowest BCUT2D eigenvalue weighted by molar-refractivity contribution is 1.07. The number of pyridine rings is 1. The highest BCUT2D eigenvalue weighted by Crippen LogP contribution is 2.44. The summed E-state index contributed by atoms with van der Waals surface area (Å²) in [6.45, 7) is 0. The van der Waals surface area contributed by atoms with E-state index in [1.54, 1.807) is 0 Å². The van der Waals surface area contributed by atoms with Gasteiger partial charge < -0.3 is 4.57 Å². The topological polar surface area (TPSA) is 56.5 Å². The van der Waals surface area contributed by atoms with Gasteiger partial charge in [0.2, 0.25) is 0 Å². The Balaban J connectivity index is 1.06. The van der Waals surface area contributed by atoms with Crippen LogP contribution in [0.25, 0.3) is 115 Å².